The van der Waals surface area contributed by atoms with Crippen LogP contribution in [-0.4, -0.2) is 27.8 Å². The Morgan fingerprint density at radius 3 is 2.80 bits per heavy atom. The second-order valence-corrected chi connectivity index (χ2v) is 3.96. The maximum atomic E-state index is 10.6. The van der Waals surface area contributed by atoms with Crippen molar-refractivity contribution in [3.05, 3.63) is 29.7 Å². The first kappa shape index (κ1) is 15.9. The fourth-order valence-corrected chi connectivity index (χ4v) is 1.65. The average molecular weight is 299 g/mol. The van der Waals surface area contributed by atoms with Crippen molar-refractivity contribution in [3.63, 3.8) is 0 Å². The van der Waals surface area contributed by atoms with E-state index < -0.39 is 5.97 Å². The molecule has 1 aromatic carbocycles. The Hall–Kier alpha value is -2.12. The summed E-state index contributed by atoms with van der Waals surface area (Å²) in [6.45, 7) is 1.84. The molecular weight excluding hydrogens is 284 g/mol. The van der Waals surface area contributed by atoms with Gasteiger partial charge in [-0.25, -0.2) is 0 Å². The minimum atomic E-state index is -0.941. The predicted octanol–water partition coefficient (Wildman–Crippen LogP) is 1.42. The maximum Gasteiger partial charge on any atom is 0.322 e. The molecular formula is C12H15ClN4O3. The third-order valence-corrected chi connectivity index (χ3v) is 2.55. The van der Waals surface area contributed by atoms with Gasteiger partial charge in [-0.05, 0) is 11.6 Å². The minimum Gasteiger partial charge on any atom is -0.480 e. The fourth-order valence-electron chi connectivity index (χ4n) is 1.65. The first-order chi connectivity index (χ1) is 9.10. The first-order valence-electron chi connectivity index (χ1n) is 5.69. The highest BCUT2D eigenvalue weighted by atomic mass is 35.5. The lowest BCUT2D eigenvalue weighted by atomic mass is 10.1. The molecule has 1 aromatic heterocycles. The summed E-state index contributed by atoms with van der Waals surface area (Å²) in [6, 6.07) is 5.39. The summed E-state index contributed by atoms with van der Waals surface area (Å²) in [7, 11) is 0. The number of nitrogens with one attached hydrogen (secondary N) is 1. The molecule has 0 atom stereocenters. The molecule has 4 N–H and O–H groups in total. The highest BCUT2D eigenvalue weighted by molar-refractivity contribution is 5.85. The summed E-state index contributed by atoms with van der Waals surface area (Å²) in [4.78, 5) is 14.7. The quantitative estimate of drug-likeness (QED) is 0.764. The Morgan fingerprint density at radius 2 is 2.25 bits per heavy atom. The van der Waals surface area contributed by atoms with E-state index in [1.54, 1.807) is 13.0 Å². The van der Waals surface area contributed by atoms with Crippen LogP contribution in [0.4, 0.5) is 5.69 Å². The molecule has 0 amide bonds. The van der Waals surface area contributed by atoms with Crippen molar-refractivity contribution >= 4 is 24.1 Å². The standard InChI is InChI=1S/C12H14N4O3.ClH/c1-7-15-12(16-19-7)8-2-3-9(5-13)10(4-8)14-6-11(17)18;/h2-4,14H,5-6,13H2,1H3,(H,17,18);1H. The molecule has 0 aliphatic carbocycles. The van der Waals surface area contributed by atoms with Crippen LogP contribution in [0.1, 0.15) is 11.5 Å². The van der Waals surface area contributed by atoms with Gasteiger partial charge in [-0.1, -0.05) is 17.3 Å². The third kappa shape index (κ3) is 3.69. The number of benzene rings is 1. The summed E-state index contributed by atoms with van der Waals surface area (Å²) in [5, 5.41) is 15.3. The molecule has 0 radical (unpaired) electrons. The van der Waals surface area contributed by atoms with E-state index in [-0.39, 0.29) is 19.0 Å². The molecule has 0 saturated heterocycles. The van der Waals surface area contributed by atoms with Gasteiger partial charge in [0.05, 0.1) is 0 Å². The van der Waals surface area contributed by atoms with Gasteiger partial charge >= 0.3 is 5.97 Å². The number of carboxylic acid groups (broad SMARTS) is 1. The number of aryl methyl sites for hydroxylation is 1. The van der Waals surface area contributed by atoms with Gasteiger partial charge in [0.15, 0.2) is 0 Å². The van der Waals surface area contributed by atoms with Crippen molar-refractivity contribution in [1.29, 1.82) is 0 Å². The predicted molar refractivity (Wildman–Crippen MR) is 75.7 cm³/mol. The van der Waals surface area contributed by atoms with Gasteiger partial charge in [0.1, 0.15) is 6.54 Å². The largest absolute Gasteiger partial charge is 0.480 e. The van der Waals surface area contributed by atoms with E-state index >= 15 is 0 Å². The van der Waals surface area contributed by atoms with Crippen LogP contribution in [-0.2, 0) is 11.3 Å². The van der Waals surface area contributed by atoms with Crippen LogP contribution in [0.2, 0.25) is 0 Å². The van der Waals surface area contributed by atoms with E-state index in [4.69, 9.17) is 15.4 Å². The maximum absolute atomic E-state index is 10.6. The Morgan fingerprint density at radius 1 is 1.50 bits per heavy atom. The SMILES string of the molecule is Cc1nc(-c2ccc(CN)c(NCC(=O)O)c2)no1.Cl. The summed E-state index contributed by atoms with van der Waals surface area (Å²) >= 11 is 0. The van der Waals surface area contributed by atoms with Crippen LogP contribution in [0, 0.1) is 6.92 Å². The van der Waals surface area contributed by atoms with E-state index in [0.29, 0.717) is 23.9 Å². The monoisotopic (exact) mass is 298 g/mol. The van der Waals surface area contributed by atoms with E-state index in [0.717, 1.165) is 11.1 Å². The molecule has 8 heteroatoms. The second kappa shape index (κ2) is 6.88. The van der Waals surface area contributed by atoms with Crippen LogP contribution in [0.3, 0.4) is 0 Å². The van der Waals surface area contributed by atoms with Crippen molar-refractivity contribution < 1.29 is 14.4 Å². The topological polar surface area (TPSA) is 114 Å². The molecule has 20 heavy (non-hydrogen) atoms. The molecule has 0 aliphatic rings. The lowest BCUT2D eigenvalue weighted by molar-refractivity contribution is -0.134. The number of hydrogen-bond acceptors (Lipinski definition) is 6. The van der Waals surface area contributed by atoms with E-state index in [2.05, 4.69) is 15.5 Å². The van der Waals surface area contributed by atoms with Gasteiger partial charge in [-0.15, -0.1) is 12.4 Å². The lowest BCUT2D eigenvalue weighted by Crippen LogP contribution is -2.14. The van der Waals surface area contributed by atoms with Crippen LogP contribution >= 0.6 is 12.4 Å². The molecule has 2 aromatic rings. The molecule has 0 aliphatic heterocycles. The summed E-state index contributed by atoms with van der Waals surface area (Å²) < 4.78 is 4.91. The van der Waals surface area contributed by atoms with Gasteiger partial charge in [0.25, 0.3) is 0 Å². The number of aromatic nitrogens is 2. The van der Waals surface area contributed by atoms with Gasteiger partial charge in [0.2, 0.25) is 11.7 Å². The molecule has 7 nitrogen and oxygen atoms in total. The number of rotatable bonds is 5. The fraction of sp³-hybridized carbons (Fsp3) is 0.250. The normalized spacial score (nSPS) is 9.90. The summed E-state index contributed by atoms with van der Waals surface area (Å²) in [5.41, 5.74) is 7.83. The lowest BCUT2D eigenvalue weighted by Gasteiger charge is -2.10. The number of carbonyl (C=O) groups is 1. The van der Waals surface area contributed by atoms with Gasteiger partial charge in [-0.3, -0.25) is 4.79 Å². The van der Waals surface area contributed by atoms with Gasteiger partial charge in [0, 0.05) is 24.7 Å². The number of nitrogens with zero attached hydrogens (tertiary/aromatic N) is 2. The molecule has 2 rings (SSSR count). The first-order valence-corrected chi connectivity index (χ1v) is 5.69. The molecule has 0 bridgehead atoms. The minimum absolute atomic E-state index is 0. The van der Waals surface area contributed by atoms with Gasteiger partial charge < -0.3 is 20.7 Å². The average Bonchev–Trinajstić information content (AvgIpc) is 2.82. The van der Waals surface area contributed by atoms with Crippen molar-refractivity contribution in [3.8, 4) is 11.4 Å². The molecule has 1 heterocycles. The molecule has 108 valence electrons. The number of nitrogens with two attached hydrogens (primary N) is 1. The van der Waals surface area contributed by atoms with Crippen molar-refractivity contribution in [2.24, 2.45) is 5.73 Å². The van der Waals surface area contributed by atoms with Crippen molar-refractivity contribution in [1.82, 2.24) is 10.1 Å². The van der Waals surface area contributed by atoms with Crippen molar-refractivity contribution in [2.45, 2.75) is 13.5 Å². The zero-order valence-electron chi connectivity index (χ0n) is 10.8. The smallest absolute Gasteiger partial charge is 0.322 e. The summed E-state index contributed by atoms with van der Waals surface area (Å²) in [5.74, 6) is -0.0128. The number of carboxylic acids is 1. The molecule has 0 unspecified atom stereocenters. The Labute approximate surface area is 121 Å². The van der Waals surface area contributed by atoms with E-state index in [1.807, 2.05) is 12.1 Å². The van der Waals surface area contributed by atoms with Crippen molar-refractivity contribution in [2.75, 3.05) is 11.9 Å². The van der Waals surface area contributed by atoms with Gasteiger partial charge in [-0.2, -0.15) is 4.98 Å². The summed E-state index contributed by atoms with van der Waals surface area (Å²) in [6.07, 6.45) is 0. The highest BCUT2D eigenvalue weighted by Gasteiger charge is 2.09. The molecule has 0 spiro atoms. The van der Waals surface area contributed by atoms with E-state index in [1.165, 1.54) is 0 Å². The number of hydrogen-bond donors (Lipinski definition) is 3. The Balaban J connectivity index is 0.00000200. The van der Waals surface area contributed by atoms with Crippen LogP contribution in [0.5, 0.6) is 0 Å². The van der Waals surface area contributed by atoms with Crippen LogP contribution in [0.25, 0.3) is 11.4 Å². The Bertz CT molecular complexity index is 600. The third-order valence-electron chi connectivity index (χ3n) is 2.55. The zero-order valence-corrected chi connectivity index (χ0v) is 11.6. The molecule has 0 fully saturated rings. The number of aliphatic carboxylic acids is 1. The number of anilines is 1. The second-order valence-electron chi connectivity index (χ2n) is 3.96. The van der Waals surface area contributed by atoms with Crippen LogP contribution in [0.15, 0.2) is 22.7 Å². The molecule has 0 saturated carbocycles. The van der Waals surface area contributed by atoms with Crippen LogP contribution < -0.4 is 11.1 Å². The van der Waals surface area contributed by atoms with E-state index in [9.17, 15) is 4.79 Å². The number of halogens is 1. The zero-order chi connectivity index (χ0) is 13.8. The Kier molecular flexibility index (Phi) is 5.48. The highest BCUT2D eigenvalue weighted by Crippen LogP contribution is 2.23.